The minimum absolute atomic E-state index is 0.514. The van der Waals surface area contributed by atoms with E-state index in [2.05, 4.69) is 43.4 Å². The lowest BCUT2D eigenvalue weighted by Gasteiger charge is -2.43. The van der Waals surface area contributed by atoms with Crippen LogP contribution in [0, 0.1) is 18.3 Å². The van der Waals surface area contributed by atoms with Crippen molar-refractivity contribution >= 4 is 0 Å². The second-order valence-corrected chi connectivity index (χ2v) is 6.72. The van der Waals surface area contributed by atoms with Crippen molar-refractivity contribution in [3.05, 3.63) is 35.4 Å². The third kappa shape index (κ3) is 2.47. The zero-order chi connectivity index (χ0) is 12.6. The summed E-state index contributed by atoms with van der Waals surface area (Å²) in [4.78, 5) is 0. The SMILES string of the molecule is Cc1cccc(C2CNCCC2(C)CC2CC2)c1. The largest absolute Gasteiger partial charge is 0.316 e. The van der Waals surface area contributed by atoms with Gasteiger partial charge in [0.1, 0.15) is 0 Å². The molecule has 2 unspecified atom stereocenters. The van der Waals surface area contributed by atoms with E-state index in [4.69, 9.17) is 0 Å². The van der Waals surface area contributed by atoms with E-state index in [0.717, 1.165) is 12.5 Å². The highest BCUT2D eigenvalue weighted by molar-refractivity contribution is 5.28. The molecule has 1 saturated heterocycles. The first-order valence-corrected chi connectivity index (χ1v) is 7.45. The summed E-state index contributed by atoms with van der Waals surface area (Å²) < 4.78 is 0. The zero-order valence-electron chi connectivity index (χ0n) is 11.7. The topological polar surface area (TPSA) is 12.0 Å². The highest BCUT2D eigenvalue weighted by Gasteiger charge is 2.41. The smallest absolute Gasteiger partial charge is 0.00254 e. The normalized spacial score (nSPS) is 32.4. The predicted molar refractivity (Wildman–Crippen MR) is 76.9 cm³/mol. The van der Waals surface area contributed by atoms with Crippen LogP contribution in [0.4, 0.5) is 0 Å². The highest BCUT2D eigenvalue weighted by atomic mass is 14.9. The maximum absolute atomic E-state index is 3.60. The molecule has 2 atom stereocenters. The standard InChI is InChI=1S/C17H25N/c1-13-4-3-5-15(10-13)16-12-18-9-8-17(16,2)11-14-6-7-14/h3-5,10,14,16,18H,6-9,11-12H2,1-2H3. The molecule has 0 radical (unpaired) electrons. The number of piperidine rings is 1. The van der Waals surface area contributed by atoms with Gasteiger partial charge in [0.25, 0.3) is 0 Å². The summed E-state index contributed by atoms with van der Waals surface area (Å²) in [7, 11) is 0. The van der Waals surface area contributed by atoms with Gasteiger partial charge in [0.05, 0.1) is 0 Å². The third-order valence-corrected chi connectivity index (χ3v) is 4.96. The van der Waals surface area contributed by atoms with Gasteiger partial charge >= 0.3 is 0 Å². The molecule has 1 aromatic rings. The fourth-order valence-corrected chi connectivity index (χ4v) is 3.67. The molecule has 1 heteroatoms. The molecule has 2 fully saturated rings. The van der Waals surface area contributed by atoms with Gasteiger partial charge in [-0.3, -0.25) is 0 Å². The second kappa shape index (κ2) is 4.70. The molecule has 0 bridgehead atoms. The van der Waals surface area contributed by atoms with Crippen LogP contribution in [0.25, 0.3) is 0 Å². The minimum Gasteiger partial charge on any atom is -0.316 e. The first-order valence-electron chi connectivity index (χ1n) is 7.45. The third-order valence-electron chi connectivity index (χ3n) is 4.96. The Bertz CT molecular complexity index is 421. The quantitative estimate of drug-likeness (QED) is 0.849. The Morgan fingerprint density at radius 3 is 2.89 bits per heavy atom. The van der Waals surface area contributed by atoms with Gasteiger partial charge in [0, 0.05) is 12.5 Å². The average molecular weight is 243 g/mol. The van der Waals surface area contributed by atoms with Gasteiger partial charge < -0.3 is 5.32 Å². The van der Waals surface area contributed by atoms with E-state index in [1.807, 2.05) is 0 Å². The van der Waals surface area contributed by atoms with Gasteiger partial charge in [-0.15, -0.1) is 0 Å². The summed E-state index contributed by atoms with van der Waals surface area (Å²) in [6.45, 7) is 7.09. The van der Waals surface area contributed by atoms with Crippen molar-refractivity contribution in [3.8, 4) is 0 Å². The summed E-state index contributed by atoms with van der Waals surface area (Å²) >= 11 is 0. The van der Waals surface area contributed by atoms with E-state index >= 15 is 0 Å². The molecule has 0 amide bonds. The van der Waals surface area contributed by atoms with Crippen LogP contribution in [-0.2, 0) is 0 Å². The van der Waals surface area contributed by atoms with Crippen molar-refractivity contribution in [1.82, 2.24) is 5.32 Å². The van der Waals surface area contributed by atoms with Gasteiger partial charge in [0.2, 0.25) is 0 Å². The number of nitrogens with one attached hydrogen (secondary N) is 1. The van der Waals surface area contributed by atoms with Crippen LogP contribution >= 0.6 is 0 Å². The Hall–Kier alpha value is -0.820. The fraction of sp³-hybridized carbons (Fsp3) is 0.647. The predicted octanol–water partition coefficient (Wildman–Crippen LogP) is 3.88. The van der Waals surface area contributed by atoms with Crippen LogP contribution in [0.2, 0.25) is 0 Å². The Balaban J connectivity index is 1.86. The monoisotopic (exact) mass is 243 g/mol. The van der Waals surface area contributed by atoms with Crippen LogP contribution in [0.3, 0.4) is 0 Å². The summed E-state index contributed by atoms with van der Waals surface area (Å²) in [5, 5.41) is 3.60. The van der Waals surface area contributed by atoms with Crippen LogP contribution in [0.5, 0.6) is 0 Å². The maximum atomic E-state index is 3.60. The molecular formula is C17H25N. The van der Waals surface area contributed by atoms with E-state index in [-0.39, 0.29) is 0 Å². The lowest BCUT2D eigenvalue weighted by atomic mass is 9.66. The zero-order valence-corrected chi connectivity index (χ0v) is 11.7. The van der Waals surface area contributed by atoms with E-state index in [1.54, 1.807) is 5.56 Å². The van der Waals surface area contributed by atoms with Crippen molar-refractivity contribution in [2.24, 2.45) is 11.3 Å². The molecule has 1 saturated carbocycles. The molecule has 1 heterocycles. The van der Waals surface area contributed by atoms with E-state index in [0.29, 0.717) is 11.3 Å². The molecule has 1 aromatic carbocycles. The second-order valence-electron chi connectivity index (χ2n) is 6.72. The Morgan fingerprint density at radius 2 is 2.17 bits per heavy atom. The summed E-state index contributed by atoms with van der Waals surface area (Å²) in [5.74, 6) is 1.73. The van der Waals surface area contributed by atoms with Crippen LogP contribution in [0.15, 0.2) is 24.3 Å². The molecular weight excluding hydrogens is 218 g/mol. The number of benzene rings is 1. The van der Waals surface area contributed by atoms with Gasteiger partial charge in [-0.05, 0) is 43.2 Å². The van der Waals surface area contributed by atoms with Crippen LogP contribution < -0.4 is 5.32 Å². The highest BCUT2D eigenvalue weighted by Crippen LogP contribution is 2.50. The molecule has 18 heavy (non-hydrogen) atoms. The van der Waals surface area contributed by atoms with Gasteiger partial charge in [-0.2, -0.15) is 0 Å². The Labute approximate surface area is 111 Å². The van der Waals surface area contributed by atoms with Crippen molar-refractivity contribution in [2.75, 3.05) is 13.1 Å². The van der Waals surface area contributed by atoms with E-state index < -0.39 is 0 Å². The molecule has 0 aromatic heterocycles. The number of hydrogen-bond acceptors (Lipinski definition) is 1. The number of aryl methyl sites for hydroxylation is 1. The summed E-state index contributed by atoms with van der Waals surface area (Å²) in [6.07, 6.45) is 5.72. The molecule has 1 N–H and O–H groups in total. The molecule has 98 valence electrons. The minimum atomic E-state index is 0.514. The molecule has 0 spiro atoms. The van der Waals surface area contributed by atoms with Crippen molar-refractivity contribution < 1.29 is 0 Å². The van der Waals surface area contributed by atoms with Gasteiger partial charge in [0.15, 0.2) is 0 Å². The number of hydrogen-bond donors (Lipinski definition) is 1. The molecule has 3 rings (SSSR count). The lowest BCUT2D eigenvalue weighted by molar-refractivity contribution is 0.163. The van der Waals surface area contributed by atoms with Crippen LogP contribution in [0.1, 0.15) is 49.7 Å². The fourth-order valence-electron chi connectivity index (χ4n) is 3.67. The van der Waals surface area contributed by atoms with E-state index in [1.165, 1.54) is 37.8 Å². The van der Waals surface area contributed by atoms with Crippen molar-refractivity contribution in [3.63, 3.8) is 0 Å². The molecule has 2 aliphatic rings. The Kier molecular flexibility index (Phi) is 3.19. The maximum Gasteiger partial charge on any atom is 0.00254 e. The lowest BCUT2D eigenvalue weighted by Crippen LogP contribution is -2.42. The molecule has 1 aliphatic heterocycles. The van der Waals surface area contributed by atoms with Gasteiger partial charge in [-0.25, -0.2) is 0 Å². The summed E-state index contributed by atoms with van der Waals surface area (Å²) in [6, 6.07) is 9.15. The van der Waals surface area contributed by atoms with Crippen molar-refractivity contribution in [2.45, 2.75) is 45.4 Å². The van der Waals surface area contributed by atoms with E-state index in [9.17, 15) is 0 Å². The number of rotatable bonds is 3. The molecule has 1 aliphatic carbocycles. The summed E-state index contributed by atoms with van der Waals surface area (Å²) in [5.41, 5.74) is 3.46. The van der Waals surface area contributed by atoms with Gasteiger partial charge in [-0.1, -0.05) is 49.6 Å². The van der Waals surface area contributed by atoms with Crippen LogP contribution in [-0.4, -0.2) is 13.1 Å². The van der Waals surface area contributed by atoms with Crippen molar-refractivity contribution in [1.29, 1.82) is 0 Å². The first-order chi connectivity index (χ1) is 8.67. The average Bonchev–Trinajstić information content (AvgIpc) is 3.13. The Morgan fingerprint density at radius 1 is 1.33 bits per heavy atom. The molecule has 1 nitrogen and oxygen atoms in total. The first kappa shape index (κ1) is 12.2.